The molecular formula is C20H21N3O2. The van der Waals surface area contributed by atoms with Gasteiger partial charge in [0.2, 0.25) is 0 Å². The minimum absolute atomic E-state index is 0.178. The average molecular weight is 335 g/mol. The molecule has 3 aromatic rings. The van der Waals surface area contributed by atoms with E-state index in [2.05, 4.69) is 10.6 Å². The van der Waals surface area contributed by atoms with Crippen molar-refractivity contribution in [3.8, 4) is 5.75 Å². The first kappa shape index (κ1) is 15.7. The van der Waals surface area contributed by atoms with Crippen molar-refractivity contribution in [1.29, 1.82) is 0 Å². The molecule has 0 radical (unpaired) electrons. The van der Waals surface area contributed by atoms with E-state index in [1.807, 2.05) is 60.9 Å². The molecule has 1 amide bonds. The van der Waals surface area contributed by atoms with Gasteiger partial charge >= 0.3 is 6.03 Å². The molecule has 0 aliphatic carbocycles. The van der Waals surface area contributed by atoms with Crippen molar-refractivity contribution >= 4 is 22.5 Å². The van der Waals surface area contributed by atoms with Crippen molar-refractivity contribution in [3.63, 3.8) is 0 Å². The number of benzene rings is 2. The molecule has 0 atom stereocenters. The van der Waals surface area contributed by atoms with Crippen LogP contribution in [-0.4, -0.2) is 29.8 Å². The molecule has 2 heterocycles. The maximum atomic E-state index is 12.4. The minimum atomic E-state index is -0.178. The number of hydrogen-bond acceptors (Lipinski definition) is 3. The Balaban J connectivity index is 1.40. The molecule has 1 aliphatic heterocycles. The van der Waals surface area contributed by atoms with E-state index in [-0.39, 0.29) is 12.1 Å². The smallest absolute Gasteiger partial charge is 0.329 e. The van der Waals surface area contributed by atoms with E-state index in [9.17, 15) is 4.79 Å². The molecule has 5 heteroatoms. The van der Waals surface area contributed by atoms with Crippen LogP contribution in [0, 0.1) is 0 Å². The van der Waals surface area contributed by atoms with Crippen LogP contribution in [-0.2, 0) is 0 Å². The Morgan fingerprint density at radius 2 is 1.64 bits per heavy atom. The number of carbonyl (C=O) groups is 1. The van der Waals surface area contributed by atoms with Gasteiger partial charge in [0.05, 0.1) is 0 Å². The molecule has 0 bridgehead atoms. The van der Waals surface area contributed by atoms with Crippen molar-refractivity contribution < 1.29 is 9.53 Å². The molecule has 2 aromatic carbocycles. The quantitative estimate of drug-likeness (QED) is 0.764. The summed E-state index contributed by atoms with van der Waals surface area (Å²) in [6.07, 6.45) is 5.99. The fraction of sp³-hybridized carbons (Fsp3) is 0.250. The second-order valence-corrected chi connectivity index (χ2v) is 6.32. The van der Waals surface area contributed by atoms with Crippen LogP contribution in [0.25, 0.3) is 10.8 Å². The number of piperidine rings is 1. The molecule has 0 unspecified atom stereocenters. The van der Waals surface area contributed by atoms with Gasteiger partial charge in [-0.15, -0.1) is 0 Å². The van der Waals surface area contributed by atoms with Gasteiger partial charge in [-0.3, -0.25) is 4.57 Å². The van der Waals surface area contributed by atoms with Crippen LogP contribution in [0.3, 0.4) is 0 Å². The van der Waals surface area contributed by atoms with Crippen LogP contribution in [0.5, 0.6) is 5.75 Å². The predicted octanol–water partition coefficient (Wildman–Crippen LogP) is 3.85. The summed E-state index contributed by atoms with van der Waals surface area (Å²) in [5.41, 5.74) is 0.750. The number of rotatable bonds is 3. The van der Waals surface area contributed by atoms with Gasteiger partial charge < -0.3 is 15.4 Å². The van der Waals surface area contributed by atoms with Crippen molar-refractivity contribution in [1.82, 2.24) is 9.88 Å². The van der Waals surface area contributed by atoms with E-state index < -0.39 is 0 Å². The maximum absolute atomic E-state index is 12.4. The van der Waals surface area contributed by atoms with Crippen molar-refractivity contribution in [2.75, 3.05) is 18.4 Å². The summed E-state index contributed by atoms with van der Waals surface area (Å²) < 4.78 is 7.56. The third kappa shape index (κ3) is 3.67. The zero-order chi connectivity index (χ0) is 17.1. The zero-order valence-corrected chi connectivity index (χ0v) is 13.9. The Morgan fingerprint density at radius 3 is 2.28 bits per heavy atom. The second kappa shape index (κ2) is 6.99. The second-order valence-electron chi connectivity index (χ2n) is 6.32. The molecule has 1 aliphatic rings. The largest absolute Gasteiger partial charge is 0.490 e. The van der Waals surface area contributed by atoms with E-state index in [0.717, 1.165) is 48.1 Å². The van der Waals surface area contributed by atoms with Gasteiger partial charge in [-0.1, -0.05) is 24.3 Å². The fourth-order valence-corrected chi connectivity index (χ4v) is 3.11. The van der Waals surface area contributed by atoms with Gasteiger partial charge in [-0.25, -0.2) is 4.79 Å². The highest BCUT2D eigenvalue weighted by atomic mass is 16.5. The Bertz CT molecular complexity index is 831. The number of carbonyl (C=O) groups excluding carboxylic acids is 1. The zero-order valence-electron chi connectivity index (χ0n) is 13.9. The number of nitrogens with zero attached hydrogens (tertiary/aromatic N) is 1. The van der Waals surface area contributed by atoms with Crippen molar-refractivity contribution in [3.05, 3.63) is 60.9 Å². The standard InChI is InChI=1S/C20H21N3O2/c24-20(23-13-15-3-1-2-4-16(15)14-23)22-17-5-7-18(8-6-17)25-19-9-11-21-12-10-19/h1-8,13-14,19,21H,9-12H2,(H,22,24). The highest BCUT2D eigenvalue weighted by Gasteiger charge is 2.14. The summed E-state index contributed by atoms with van der Waals surface area (Å²) in [5, 5.41) is 8.32. The van der Waals surface area contributed by atoms with E-state index in [1.54, 1.807) is 4.57 Å². The van der Waals surface area contributed by atoms with Gasteiger partial charge in [0.15, 0.2) is 0 Å². The molecule has 0 spiro atoms. The summed E-state index contributed by atoms with van der Waals surface area (Å²) in [5.74, 6) is 0.844. The molecule has 0 saturated carbocycles. The lowest BCUT2D eigenvalue weighted by Gasteiger charge is -2.23. The van der Waals surface area contributed by atoms with Gasteiger partial charge in [0.25, 0.3) is 0 Å². The summed E-state index contributed by atoms with van der Waals surface area (Å²) in [4.78, 5) is 12.4. The summed E-state index contributed by atoms with van der Waals surface area (Å²) in [6.45, 7) is 2.01. The number of anilines is 1. The highest BCUT2D eigenvalue weighted by molar-refractivity contribution is 5.95. The number of nitrogens with one attached hydrogen (secondary N) is 2. The Hall–Kier alpha value is -2.79. The lowest BCUT2D eigenvalue weighted by atomic mass is 10.1. The topological polar surface area (TPSA) is 55.3 Å². The van der Waals surface area contributed by atoms with Crippen LogP contribution in [0.15, 0.2) is 60.9 Å². The number of amides is 1. The van der Waals surface area contributed by atoms with Crippen LogP contribution in [0.1, 0.15) is 12.8 Å². The van der Waals surface area contributed by atoms with Gasteiger partial charge in [-0.05, 0) is 61.0 Å². The normalized spacial score (nSPS) is 15.2. The molecular weight excluding hydrogens is 314 g/mol. The van der Waals surface area contributed by atoms with Gasteiger partial charge in [0, 0.05) is 18.1 Å². The van der Waals surface area contributed by atoms with Crippen LogP contribution < -0.4 is 15.4 Å². The van der Waals surface area contributed by atoms with E-state index in [1.165, 1.54) is 0 Å². The average Bonchev–Trinajstić information content (AvgIpc) is 3.09. The number of hydrogen-bond donors (Lipinski definition) is 2. The third-order valence-corrected chi connectivity index (χ3v) is 4.48. The lowest BCUT2D eigenvalue weighted by Crippen LogP contribution is -2.34. The molecule has 4 rings (SSSR count). The van der Waals surface area contributed by atoms with Crippen LogP contribution >= 0.6 is 0 Å². The third-order valence-electron chi connectivity index (χ3n) is 4.48. The SMILES string of the molecule is O=C(Nc1ccc(OC2CCNCC2)cc1)n1cc2ccccc2c1. The summed E-state index contributed by atoms with van der Waals surface area (Å²) >= 11 is 0. The molecule has 128 valence electrons. The summed E-state index contributed by atoms with van der Waals surface area (Å²) in [6, 6.07) is 15.3. The first-order valence-electron chi connectivity index (χ1n) is 8.63. The monoisotopic (exact) mass is 335 g/mol. The number of aromatic nitrogens is 1. The Morgan fingerprint density at radius 1 is 1.00 bits per heavy atom. The Labute approximate surface area is 146 Å². The molecule has 5 nitrogen and oxygen atoms in total. The summed E-state index contributed by atoms with van der Waals surface area (Å²) in [7, 11) is 0. The van der Waals surface area contributed by atoms with E-state index >= 15 is 0 Å². The number of fused-ring (bicyclic) bond motifs is 1. The van der Waals surface area contributed by atoms with Crippen molar-refractivity contribution in [2.24, 2.45) is 0 Å². The van der Waals surface area contributed by atoms with Crippen LogP contribution in [0.2, 0.25) is 0 Å². The molecule has 1 aromatic heterocycles. The lowest BCUT2D eigenvalue weighted by molar-refractivity contribution is 0.162. The molecule has 2 N–H and O–H groups in total. The first-order chi connectivity index (χ1) is 12.3. The first-order valence-corrected chi connectivity index (χ1v) is 8.63. The predicted molar refractivity (Wildman–Crippen MR) is 99.3 cm³/mol. The van der Waals surface area contributed by atoms with Gasteiger partial charge in [-0.2, -0.15) is 0 Å². The van der Waals surface area contributed by atoms with Crippen LogP contribution in [0.4, 0.5) is 10.5 Å². The van der Waals surface area contributed by atoms with Crippen molar-refractivity contribution in [2.45, 2.75) is 18.9 Å². The van der Waals surface area contributed by atoms with E-state index in [0.29, 0.717) is 0 Å². The molecule has 25 heavy (non-hydrogen) atoms. The highest BCUT2D eigenvalue weighted by Crippen LogP contribution is 2.20. The maximum Gasteiger partial charge on any atom is 0.329 e. The number of ether oxygens (including phenoxy) is 1. The van der Waals surface area contributed by atoms with Gasteiger partial charge in [0.1, 0.15) is 11.9 Å². The molecule has 1 fully saturated rings. The fourth-order valence-electron chi connectivity index (χ4n) is 3.11. The minimum Gasteiger partial charge on any atom is -0.490 e. The molecule has 1 saturated heterocycles. The van der Waals surface area contributed by atoms with E-state index in [4.69, 9.17) is 4.74 Å². The Kier molecular flexibility index (Phi) is 4.39.